The molecule has 2 saturated carbocycles. The van der Waals surface area contributed by atoms with Crippen LogP contribution < -0.4 is 5.32 Å². The van der Waals surface area contributed by atoms with Crippen LogP contribution in [0.4, 0.5) is 0 Å². The summed E-state index contributed by atoms with van der Waals surface area (Å²) in [5.74, 6) is 0. The van der Waals surface area contributed by atoms with Crippen molar-refractivity contribution >= 4 is 11.3 Å². The van der Waals surface area contributed by atoms with Crippen LogP contribution in [0.5, 0.6) is 0 Å². The van der Waals surface area contributed by atoms with Gasteiger partial charge in [0.2, 0.25) is 0 Å². The third kappa shape index (κ3) is 4.31. The average molecular weight is 293 g/mol. The van der Waals surface area contributed by atoms with Crippen molar-refractivity contribution in [3.63, 3.8) is 0 Å². The van der Waals surface area contributed by atoms with E-state index in [9.17, 15) is 0 Å². The molecular weight excluding hydrogens is 266 g/mol. The molecule has 0 saturated heterocycles. The van der Waals surface area contributed by atoms with Gasteiger partial charge in [-0.25, -0.2) is 0 Å². The van der Waals surface area contributed by atoms with Gasteiger partial charge in [0.1, 0.15) is 0 Å². The third-order valence-electron chi connectivity index (χ3n) is 4.49. The summed E-state index contributed by atoms with van der Waals surface area (Å²) in [5, 5.41) is 3.60. The Morgan fingerprint density at radius 3 is 2.60 bits per heavy atom. The van der Waals surface area contributed by atoms with Gasteiger partial charge in [0, 0.05) is 22.3 Å². The van der Waals surface area contributed by atoms with Gasteiger partial charge in [-0.15, -0.1) is 11.3 Å². The Balaban J connectivity index is 1.48. The standard InChI is InChI=1S/C17H27NOS/c1-13-14(10-17(20-13)11-18-15-8-9-15)12-19-16-6-4-2-3-5-7-16/h10,15-16,18H,2-9,11-12H2,1H3. The molecule has 0 atom stereocenters. The lowest BCUT2D eigenvalue weighted by Gasteiger charge is -2.15. The Labute approximate surface area is 126 Å². The zero-order chi connectivity index (χ0) is 13.8. The minimum absolute atomic E-state index is 0.504. The first kappa shape index (κ1) is 14.6. The fourth-order valence-electron chi connectivity index (χ4n) is 2.97. The van der Waals surface area contributed by atoms with Crippen LogP contribution in [0.3, 0.4) is 0 Å². The van der Waals surface area contributed by atoms with Crippen LogP contribution >= 0.6 is 11.3 Å². The van der Waals surface area contributed by atoms with E-state index in [4.69, 9.17) is 4.74 Å². The number of thiophene rings is 1. The first-order valence-electron chi connectivity index (χ1n) is 8.24. The van der Waals surface area contributed by atoms with Crippen molar-refractivity contribution in [2.24, 2.45) is 0 Å². The molecule has 0 radical (unpaired) electrons. The maximum atomic E-state index is 6.17. The monoisotopic (exact) mass is 293 g/mol. The van der Waals surface area contributed by atoms with E-state index in [2.05, 4.69) is 18.3 Å². The van der Waals surface area contributed by atoms with Gasteiger partial charge in [-0.05, 0) is 44.2 Å². The van der Waals surface area contributed by atoms with Gasteiger partial charge in [-0.2, -0.15) is 0 Å². The van der Waals surface area contributed by atoms with Gasteiger partial charge in [0.15, 0.2) is 0 Å². The summed E-state index contributed by atoms with van der Waals surface area (Å²) in [6.45, 7) is 4.09. The maximum Gasteiger partial charge on any atom is 0.0731 e. The SMILES string of the molecule is Cc1sc(CNC2CC2)cc1COC1CCCCCC1. The molecule has 0 bridgehead atoms. The van der Waals surface area contributed by atoms with Crippen molar-refractivity contribution in [1.82, 2.24) is 5.32 Å². The van der Waals surface area contributed by atoms with Crippen molar-refractivity contribution in [3.8, 4) is 0 Å². The van der Waals surface area contributed by atoms with Crippen LogP contribution in [0.15, 0.2) is 6.07 Å². The van der Waals surface area contributed by atoms with Crippen molar-refractivity contribution in [1.29, 1.82) is 0 Å². The Bertz CT molecular complexity index is 417. The molecule has 0 aromatic carbocycles. The number of hydrogen-bond donors (Lipinski definition) is 1. The van der Waals surface area contributed by atoms with E-state index >= 15 is 0 Å². The average Bonchev–Trinajstić information content (AvgIpc) is 3.23. The topological polar surface area (TPSA) is 21.3 Å². The maximum absolute atomic E-state index is 6.17. The molecule has 1 aromatic rings. The summed E-state index contributed by atoms with van der Waals surface area (Å²) in [6, 6.07) is 3.15. The van der Waals surface area contributed by atoms with Gasteiger partial charge in [0.05, 0.1) is 12.7 Å². The summed E-state index contributed by atoms with van der Waals surface area (Å²) in [7, 11) is 0. The number of aryl methyl sites for hydroxylation is 1. The molecule has 1 heterocycles. The van der Waals surface area contributed by atoms with E-state index in [1.54, 1.807) is 0 Å². The van der Waals surface area contributed by atoms with E-state index in [-0.39, 0.29) is 0 Å². The molecule has 3 rings (SSSR count). The third-order valence-corrected chi connectivity index (χ3v) is 5.58. The van der Waals surface area contributed by atoms with Crippen LogP contribution in [-0.4, -0.2) is 12.1 Å². The second-order valence-electron chi connectivity index (χ2n) is 6.37. The molecule has 3 heteroatoms. The fourth-order valence-corrected chi connectivity index (χ4v) is 3.97. The van der Waals surface area contributed by atoms with Crippen LogP contribution in [0, 0.1) is 6.92 Å². The summed E-state index contributed by atoms with van der Waals surface area (Å²) >= 11 is 1.93. The second-order valence-corrected chi connectivity index (χ2v) is 7.71. The van der Waals surface area contributed by atoms with E-state index in [1.807, 2.05) is 11.3 Å². The molecule has 2 fully saturated rings. The summed E-state index contributed by atoms with van der Waals surface area (Å²) in [6.07, 6.45) is 11.3. The largest absolute Gasteiger partial charge is 0.374 e. The zero-order valence-corrected chi connectivity index (χ0v) is 13.4. The van der Waals surface area contributed by atoms with Gasteiger partial charge >= 0.3 is 0 Å². The molecule has 112 valence electrons. The highest BCUT2D eigenvalue weighted by molar-refractivity contribution is 7.12. The lowest BCUT2D eigenvalue weighted by Crippen LogP contribution is -2.14. The van der Waals surface area contributed by atoms with Gasteiger partial charge in [0.25, 0.3) is 0 Å². The molecule has 1 N–H and O–H groups in total. The molecule has 2 aliphatic carbocycles. The van der Waals surface area contributed by atoms with Gasteiger partial charge in [-0.1, -0.05) is 25.7 Å². The van der Waals surface area contributed by atoms with Gasteiger partial charge in [-0.3, -0.25) is 0 Å². The van der Waals surface area contributed by atoms with Crippen molar-refractivity contribution in [2.45, 2.75) is 83.6 Å². The molecule has 0 spiro atoms. The van der Waals surface area contributed by atoms with Crippen LogP contribution in [-0.2, 0) is 17.9 Å². The lowest BCUT2D eigenvalue weighted by atomic mass is 10.1. The van der Waals surface area contributed by atoms with E-state index in [0.717, 1.165) is 19.2 Å². The smallest absolute Gasteiger partial charge is 0.0731 e. The molecule has 0 aliphatic heterocycles. The number of nitrogens with one attached hydrogen (secondary N) is 1. The lowest BCUT2D eigenvalue weighted by molar-refractivity contribution is 0.0309. The van der Waals surface area contributed by atoms with Crippen molar-refractivity contribution in [2.75, 3.05) is 0 Å². The van der Waals surface area contributed by atoms with E-state index < -0.39 is 0 Å². The number of hydrogen-bond acceptors (Lipinski definition) is 3. The Morgan fingerprint density at radius 2 is 1.90 bits per heavy atom. The molecular formula is C17H27NOS. The quantitative estimate of drug-likeness (QED) is 0.777. The zero-order valence-electron chi connectivity index (χ0n) is 12.6. The molecule has 2 nitrogen and oxygen atoms in total. The number of rotatable bonds is 6. The van der Waals surface area contributed by atoms with Crippen LogP contribution in [0.1, 0.15) is 66.7 Å². The number of ether oxygens (including phenoxy) is 1. The first-order chi connectivity index (χ1) is 9.81. The predicted molar refractivity (Wildman–Crippen MR) is 85.2 cm³/mol. The fraction of sp³-hybridized carbons (Fsp3) is 0.765. The molecule has 0 unspecified atom stereocenters. The second kappa shape index (κ2) is 7.06. The summed E-state index contributed by atoms with van der Waals surface area (Å²) in [5.41, 5.74) is 1.41. The summed E-state index contributed by atoms with van der Waals surface area (Å²) < 4.78 is 6.17. The van der Waals surface area contributed by atoms with Crippen molar-refractivity contribution in [3.05, 3.63) is 21.4 Å². The highest BCUT2D eigenvalue weighted by Gasteiger charge is 2.20. The highest BCUT2D eigenvalue weighted by atomic mass is 32.1. The molecule has 0 amide bonds. The first-order valence-corrected chi connectivity index (χ1v) is 9.06. The van der Waals surface area contributed by atoms with Gasteiger partial charge < -0.3 is 10.1 Å². The Hall–Kier alpha value is -0.380. The van der Waals surface area contributed by atoms with Crippen LogP contribution in [0.2, 0.25) is 0 Å². The summed E-state index contributed by atoms with van der Waals surface area (Å²) in [4.78, 5) is 2.90. The molecule has 2 aliphatic rings. The predicted octanol–water partition coefficient (Wildman–Crippen LogP) is 4.55. The Morgan fingerprint density at radius 1 is 1.15 bits per heavy atom. The Kier molecular flexibility index (Phi) is 5.14. The van der Waals surface area contributed by atoms with Crippen molar-refractivity contribution < 1.29 is 4.74 Å². The minimum Gasteiger partial charge on any atom is -0.374 e. The molecule has 20 heavy (non-hydrogen) atoms. The van der Waals surface area contributed by atoms with E-state index in [1.165, 1.54) is 66.7 Å². The molecule has 1 aromatic heterocycles. The van der Waals surface area contributed by atoms with E-state index in [0.29, 0.717) is 6.10 Å². The minimum atomic E-state index is 0.504. The normalized spacial score (nSPS) is 21.1. The van der Waals surface area contributed by atoms with Crippen LogP contribution in [0.25, 0.3) is 0 Å². The highest BCUT2D eigenvalue weighted by Crippen LogP contribution is 2.26.